The van der Waals surface area contributed by atoms with Crippen LogP contribution in [-0.2, 0) is 9.59 Å². The molecule has 0 bridgehead atoms. The monoisotopic (exact) mass is 278 g/mol. The Morgan fingerprint density at radius 1 is 1.10 bits per heavy atom. The van der Waals surface area contributed by atoms with E-state index in [9.17, 15) is 9.59 Å². The minimum absolute atomic E-state index is 0.00968. The lowest BCUT2D eigenvalue weighted by atomic mass is 10.1. The molecule has 0 saturated heterocycles. The highest BCUT2D eigenvalue weighted by Gasteiger charge is 2.18. The molecule has 2 N–H and O–H groups in total. The molecule has 0 aliphatic heterocycles. The number of ether oxygens (including phenoxy) is 1. The topological polar surface area (TPSA) is 67.4 Å². The summed E-state index contributed by atoms with van der Waals surface area (Å²) in [6.07, 6.45) is 0.785. The van der Waals surface area contributed by atoms with E-state index in [1.807, 2.05) is 45.0 Å². The van der Waals surface area contributed by atoms with E-state index < -0.39 is 11.8 Å². The zero-order valence-electron chi connectivity index (χ0n) is 12.4. The molecule has 0 aliphatic carbocycles. The Morgan fingerprint density at radius 2 is 1.65 bits per heavy atom. The Hall–Kier alpha value is -2.04. The molecule has 20 heavy (non-hydrogen) atoms. The largest absolute Gasteiger partial charge is 0.497 e. The number of benzene rings is 1. The zero-order chi connectivity index (χ0) is 15.1. The molecule has 2 atom stereocenters. The maximum absolute atomic E-state index is 11.8. The first kappa shape index (κ1) is 16.0. The van der Waals surface area contributed by atoms with Gasteiger partial charge in [0.25, 0.3) is 0 Å². The minimum Gasteiger partial charge on any atom is -0.497 e. The number of carbonyl (C=O) groups is 2. The molecule has 5 nitrogen and oxygen atoms in total. The lowest BCUT2D eigenvalue weighted by molar-refractivity contribution is -0.140. The van der Waals surface area contributed by atoms with E-state index in [-0.39, 0.29) is 12.1 Å². The minimum atomic E-state index is -0.617. The van der Waals surface area contributed by atoms with Gasteiger partial charge in [0.2, 0.25) is 0 Å². The summed E-state index contributed by atoms with van der Waals surface area (Å²) in [6.45, 7) is 5.64. The second-order valence-corrected chi connectivity index (χ2v) is 4.75. The maximum Gasteiger partial charge on any atom is 0.309 e. The molecule has 0 spiro atoms. The molecule has 0 fully saturated rings. The Balaban J connectivity index is 2.58. The van der Waals surface area contributed by atoms with E-state index in [0.717, 1.165) is 17.7 Å². The molecule has 0 aromatic heterocycles. The van der Waals surface area contributed by atoms with Crippen molar-refractivity contribution in [3.05, 3.63) is 29.8 Å². The standard InChI is InChI=1S/C15H22N2O3/c1-5-10(2)16-14(18)15(19)17-11(3)12-6-8-13(20-4)9-7-12/h6-11H,5H2,1-4H3,(H,16,18)(H,17,19). The number of amides is 2. The molecule has 0 saturated carbocycles. The molecule has 5 heteroatoms. The highest BCUT2D eigenvalue weighted by molar-refractivity contribution is 6.35. The lowest BCUT2D eigenvalue weighted by Crippen LogP contribution is -2.44. The molecule has 0 heterocycles. The third-order valence-electron chi connectivity index (χ3n) is 3.16. The van der Waals surface area contributed by atoms with Crippen molar-refractivity contribution in [3.63, 3.8) is 0 Å². The third-order valence-corrected chi connectivity index (χ3v) is 3.16. The average Bonchev–Trinajstić information content (AvgIpc) is 2.46. The van der Waals surface area contributed by atoms with Crippen molar-refractivity contribution in [2.24, 2.45) is 0 Å². The van der Waals surface area contributed by atoms with Crippen LogP contribution in [0, 0.1) is 0 Å². The van der Waals surface area contributed by atoms with Crippen LogP contribution < -0.4 is 15.4 Å². The van der Waals surface area contributed by atoms with E-state index in [2.05, 4.69) is 10.6 Å². The van der Waals surface area contributed by atoms with E-state index in [0.29, 0.717) is 0 Å². The van der Waals surface area contributed by atoms with Crippen molar-refractivity contribution < 1.29 is 14.3 Å². The summed E-state index contributed by atoms with van der Waals surface area (Å²) < 4.78 is 5.07. The molecule has 110 valence electrons. The van der Waals surface area contributed by atoms with Crippen LogP contribution in [0.15, 0.2) is 24.3 Å². The number of carbonyl (C=O) groups excluding carboxylic acids is 2. The van der Waals surface area contributed by atoms with Crippen molar-refractivity contribution >= 4 is 11.8 Å². The number of nitrogens with one attached hydrogen (secondary N) is 2. The first-order valence-corrected chi connectivity index (χ1v) is 6.73. The van der Waals surface area contributed by atoms with Gasteiger partial charge in [0.15, 0.2) is 0 Å². The van der Waals surface area contributed by atoms with Crippen LogP contribution in [0.2, 0.25) is 0 Å². The number of rotatable bonds is 5. The second kappa shape index (κ2) is 7.53. The first-order chi connectivity index (χ1) is 9.47. The number of hydrogen-bond donors (Lipinski definition) is 2. The summed E-state index contributed by atoms with van der Waals surface area (Å²) in [4.78, 5) is 23.4. The van der Waals surface area contributed by atoms with E-state index in [1.165, 1.54) is 0 Å². The fraction of sp³-hybridized carbons (Fsp3) is 0.467. The van der Waals surface area contributed by atoms with Crippen molar-refractivity contribution in [1.29, 1.82) is 0 Å². The number of hydrogen-bond acceptors (Lipinski definition) is 3. The van der Waals surface area contributed by atoms with Crippen molar-refractivity contribution in [2.45, 2.75) is 39.3 Å². The summed E-state index contributed by atoms with van der Waals surface area (Å²) >= 11 is 0. The van der Waals surface area contributed by atoms with Crippen LogP contribution in [-0.4, -0.2) is 25.0 Å². The SMILES string of the molecule is CCC(C)NC(=O)C(=O)NC(C)c1ccc(OC)cc1. The quantitative estimate of drug-likeness (QED) is 0.807. The fourth-order valence-corrected chi connectivity index (χ4v) is 1.63. The van der Waals surface area contributed by atoms with Crippen LogP contribution in [0.4, 0.5) is 0 Å². The first-order valence-electron chi connectivity index (χ1n) is 6.73. The predicted molar refractivity (Wildman–Crippen MR) is 77.4 cm³/mol. The predicted octanol–water partition coefficient (Wildman–Crippen LogP) is 1.79. The average molecular weight is 278 g/mol. The highest BCUT2D eigenvalue weighted by Crippen LogP contribution is 2.17. The van der Waals surface area contributed by atoms with Crippen LogP contribution in [0.25, 0.3) is 0 Å². The summed E-state index contributed by atoms with van der Waals surface area (Å²) in [5.41, 5.74) is 0.912. The zero-order valence-corrected chi connectivity index (χ0v) is 12.4. The molecule has 2 amide bonds. The highest BCUT2D eigenvalue weighted by atomic mass is 16.5. The molecule has 2 unspecified atom stereocenters. The van der Waals surface area contributed by atoms with E-state index in [1.54, 1.807) is 7.11 Å². The van der Waals surface area contributed by atoms with E-state index in [4.69, 9.17) is 4.74 Å². The van der Waals surface area contributed by atoms with Gasteiger partial charge in [-0.1, -0.05) is 19.1 Å². The molecule has 0 radical (unpaired) electrons. The maximum atomic E-state index is 11.8. The van der Waals surface area contributed by atoms with Gasteiger partial charge in [-0.3, -0.25) is 9.59 Å². The number of methoxy groups -OCH3 is 1. The molecule has 1 aromatic carbocycles. The summed E-state index contributed by atoms with van der Waals surface area (Å²) in [6, 6.07) is 7.10. The van der Waals surface area contributed by atoms with Gasteiger partial charge in [-0.05, 0) is 38.0 Å². The molecular formula is C15H22N2O3. The van der Waals surface area contributed by atoms with Crippen molar-refractivity contribution in [1.82, 2.24) is 10.6 Å². The van der Waals surface area contributed by atoms with Gasteiger partial charge >= 0.3 is 11.8 Å². The Bertz CT molecular complexity index is 457. The van der Waals surface area contributed by atoms with Gasteiger partial charge < -0.3 is 15.4 Å². The van der Waals surface area contributed by atoms with Crippen molar-refractivity contribution in [2.75, 3.05) is 7.11 Å². The van der Waals surface area contributed by atoms with Crippen LogP contribution in [0.5, 0.6) is 5.75 Å². The van der Waals surface area contributed by atoms with Gasteiger partial charge in [-0.25, -0.2) is 0 Å². The van der Waals surface area contributed by atoms with Crippen LogP contribution >= 0.6 is 0 Å². The molecule has 0 aliphatic rings. The summed E-state index contributed by atoms with van der Waals surface area (Å²) in [5.74, 6) is -0.463. The second-order valence-electron chi connectivity index (χ2n) is 4.75. The van der Waals surface area contributed by atoms with E-state index >= 15 is 0 Å². The Labute approximate surface area is 119 Å². The van der Waals surface area contributed by atoms with Gasteiger partial charge in [-0.15, -0.1) is 0 Å². The smallest absolute Gasteiger partial charge is 0.309 e. The normalized spacial score (nSPS) is 13.2. The molecule has 1 aromatic rings. The lowest BCUT2D eigenvalue weighted by Gasteiger charge is -2.16. The third kappa shape index (κ3) is 4.57. The van der Waals surface area contributed by atoms with Crippen molar-refractivity contribution in [3.8, 4) is 5.75 Å². The molecule has 1 rings (SSSR count). The summed E-state index contributed by atoms with van der Waals surface area (Å²) in [7, 11) is 1.60. The van der Waals surface area contributed by atoms with Gasteiger partial charge in [0.1, 0.15) is 5.75 Å². The molecular weight excluding hydrogens is 256 g/mol. The van der Waals surface area contributed by atoms with Gasteiger partial charge in [-0.2, -0.15) is 0 Å². The van der Waals surface area contributed by atoms with Gasteiger partial charge in [0.05, 0.1) is 13.2 Å². The Morgan fingerprint density at radius 3 is 2.15 bits per heavy atom. The Kier molecular flexibility index (Phi) is 6.03. The van der Waals surface area contributed by atoms with Crippen LogP contribution in [0.1, 0.15) is 38.8 Å². The summed E-state index contributed by atoms with van der Waals surface area (Å²) in [5, 5.41) is 5.30. The van der Waals surface area contributed by atoms with Gasteiger partial charge in [0, 0.05) is 6.04 Å². The van der Waals surface area contributed by atoms with Crippen LogP contribution in [0.3, 0.4) is 0 Å². The fourth-order valence-electron chi connectivity index (χ4n) is 1.63.